The van der Waals surface area contributed by atoms with E-state index in [1.54, 1.807) is 0 Å². The highest BCUT2D eigenvalue weighted by Gasteiger charge is 2.36. The summed E-state index contributed by atoms with van der Waals surface area (Å²) in [6.45, 7) is 9.78. The third-order valence-corrected chi connectivity index (χ3v) is 4.29. The molecule has 0 saturated carbocycles. The van der Waals surface area contributed by atoms with Gasteiger partial charge < -0.3 is 10.6 Å². The van der Waals surface area contributed by atoms with Crippen LogP contribution in [0.1, 0.15) is 41.8 Å². The summed E-state index contributed by atoms with van der Waals surface area (Å²) in [5.41, 5.74) is 9.09. The highest BCUT2D eigenvalue weighted by molar-refractivity contribution is 5.97. The van der Waals surface area contributed by atoms with E-state index in [0.29, 0.717) is 0 Å². The Hall–Kier alpha value is -1.35. The number of nitrogens with two attached hydrogens (primary N) is 1. The number of rotatable bonds is 1. The van der Waals surface area contributed by atoms with Crippen LogP contribution in [0.4, 0.5) is 0 Å². The van der Waals surface area contributed by atoms with E-state index in [2.05, 4.69) is 13.8 Å². The van der Waals surface area contributed by atoms with Crippen molar-refractivity contribution in [2.45, 2.75) is 40.2 Å². The summed E-state index contributed by atoms with van der Waals surface area (Å²) in [5.74, 6) is 0.149. The van der Waals surface area contributed by atoms with Gasteiger partial charge in [0.15, 0.2) is 0 Å². The second kappa shape index (κ2) is 4.97. The van der Waals surface area contributed by atoms with Gasteiger partial charge >= 0.3 is 0 Å². The molecule has 1 unspecified atom stereocenters. The lowest BCUT2D eigenvalue weighted by molar-refractivity contribution is 0.0531. The first-order valence-corrected chi connectivity index (χ1v) is 6.94. The van der Waals surface area contributed by atoms with Crippen LogP contribution < -0.4 is 5.73 Å². The number of hydrogen-bond donors (Lipinski definition) is 1. The molecule has 0 aromatic heterocycles. The van der Waals surface area contributed by atoms with Crippen LogP contribution in [-0.4, -0.2) is 29.9 Å². The minimum absolute atomic E-state index is 0.00942. The number of nitrogens with zero attached hydrogens (tertiary/aromatic N) is 1. The molecule has 19 heavy (non-hydrogen) atoms. The number of aryl methyl sites for hydroxylation is 2. The van der Waals surface area contributed by atoms with Crippen molar-refractivity contribution < 1.29 is 4.79 Å². The van der Waals surface area contributed by atoms with E-state index >= 15 is 0 Å². The van der Waals surface area contributed by atoms with Gasteiger partial charge in [-0.15, -0.1) is 0 Å². The summed E-state index contributed by atoms with van der Waals surface area (Å²) in [6.07, 6.45) is 0.879. The van der Waals surface area contributed by atoms with Gasteiger partial charge in [0.1, 0.15) is 0 Å². The van der Waals surface area contributed by atoms with Crippen molar-refractivity contribution in [2.75, 3.05) is 13.1 Å². The molecule has 2 N–H and O–H groups in total. The van der Waals surface area contributed by atoms with E-state index in [1.165, 1.54) is 0 Å². The highest BCUT2D eigenvalue weighted by Crippen LogP contribution is 2.29. The molecule has 0 spiro atoms. The van der Waals surface area contributed by atoms with E-state index < -0.39 is 0 Å². The Labute approximate surface area is 115 Å². The summed E-state index contributed by atoms with van der Waals surface area (Å²) in [4.78, 5) is 14.7. The van der Waals surface area contributed by atoms with Crippen molar-refractivity contribution in [1.82, 2.24) is 4.90 Å². The van der Waals surface area contributed by atoms with Gasteiger partial charge in [-0.1, -0.05) is 32.0 Å². The lowest BCUT2D eigenvalue weighted by Crippen LogP contribution is -2.54. The predicted octanol–water partition coefficient (Wildman–Crippen LogP) is 2.50. The standard InChI is InChI=1S/C16H24N2O/c1-11-6-5-7-12(2)14(11)15(19)18-9-8-13(17)16(3,4)10-18/h5-7,13H,8-10,17H2,1-4H3. The fourth-order valence-electron chi connectivity index (χ4n) is 2.86. The first-order valence-electron chi connectivity index (χ1n) is 6.94. The second-order valence-electron chi connectivity index (χ2n) is 6.38. The fourth-order valence-corrected chi connectivity index (χ4v) is 2.86. The molecule has 2 rings (SSSR count). The third kappa shape index (κ3) is 2.66. The third-order valence-electron chi connectivity index (χ3n) is 4.29. The van der Waals surface area contributed by atoms with Crippen molar-refractivity contribution in [1.29, 1.82) is 0 Å². The van der Waals surface area contributed by atoms with Crippen molar-refractivity contribution in [3.05, 3.63) is 34.9 Å². The molecule has 1 aliphatic rings. The molecule has 3 heteroatoms. The van der Waals surface area contributed by atoms with Gasteiger partial charge in [-0.05, 0) is 36.8 Å². The quantitative estimate of drug-likeness (QED) is 0.843. The highest BCUT2D eigenvalue weighted by atomic mass is 16.2. The first-order chi connectivity index (χ1) is 8.83. The zero-order chi connectivity index (χ0) is 14.2. The molecule has 0 aliphatic carbocycles. The molecule has 3 nitrogen and oxygen atoms in total. The van der Waals surface area contributed by atoms with Crippen molar-refractivity contribution in [3.63, 3.8) is 0 Å². The number of amides is 1. The smallest absolute Gasteiger partial charge is 0.254 e. The van der Waals surface area contributed by atoms with E-state index in [9.17, 15) is 4.79 Å². The lowest BCUT2D eigenvalue weighted by atomic mass is 9.79. The molecule has 104 valence electrons. The zero-order valence-corrected chi connectivity index (χ0v) is 12.4. The largest absolute Gasteiger partial charge is 0.338 e. The van der Waals surface area contributed by atoms with Crippen LogP contribution >= 0.6 is 0 Å². The molecule has 1 aromatic carbocycles. The van der Waals surface area contributed by atoms with Crippen molar-refractivity contribution >= 4 is 5.91 Å². The summed E-state index contributed by atoms with van der Waals surface area (Å²) >= 11 is 0. The Bertz CT molecular complexity index is 473. The van der Waals surface area contributed by atoms with Gasteiger partial charge in [-0.3, -0.25) is 4.79 Å². The second-order valence-corrected chi connectivity index (χ2v) is 6.38. The number of hydrogen-bond acceptors (Lipinski definition) is 2. The van der Waals surface area contributed by atoms with Gasteiger partial charge in [0, 0.05) is 24.7 Å². The SMILES string of the molecule is Cc1cccc(C)c1C(=O)N1CCC(N)C(C)(C)C1. The molecule has 0 bridgehead atoms. The Morgan fingerprint density at radius 3 is 2.42 bits per heavy atom. The first kappa shape index (κ1) is 14.1. The maximum absolute atomic E-state index is 12.7. The molecule has 1 amide bonds. The maximum Gasteiger partial charge on any atom is 0.254 e. The minimum Gasteiger partial charge on any atom is -0.338 e. The van der Waals surface area contributed by atoms with Gasteiger partial charge in [-0.25, -0.2) is 0 Å². The topological polar surface area (TPSA) is 46.3 Å². The zero-order valence-electron chi connectivity index (χ0n) is 12.4. The predicted molar refractivity (Wildman–Crippen MR) is 78.2 cm³/mol. The maximum atomic E-state index is 12.7. The molecule has 1 fully saturated rings. The number of carbonyl (C=O) groups excluding carboxylic acids is 1. The summed E-state index contributed by atoms with van der Waals surface area (Å²) in [5, 5.41) is 0. The van der Waals surface area contributed by atoms with Crippen LogP contribution in [0, 0.1) is 19.3 Å². The van der Waals surface area contributed by atoms with Crippen molar-refractivity contribution in [2.24, 2.45) is 11.1 Å². The Morgan fingerprint density at radius 1 is 1.32 bits per heavy atom. The number of likely N-dealkylation sites (tertiary alicyclic amines) is 1. The normalized spacial score (nSPS) is 22.4. The van der Waals surface area contributed by atoms with E-state index in [-0.39, 0.29) is 17.4 Å². The molecular weight excluding hydrogens is 236 g/mol. The molecule has 1 heterocycles. The Kier molecular flexibility index (Phi) is 3.68. The Morgan fingerprint density at radius 2 is 1.89 bits per heavy atom. The van der Waals surface area contributed by atoms with Crippen LogP contribution in [0.5, 0.6) is 0 Å². The molecule has 1 saturated heterocycles. The number of benzene rings is 1. The van der Waals surface area contributed by atoms with E-state index in [4.69, 9.17) is 5.73 Å². The fraction of sp³-hybridized carbons (Fsp3) is 0.562. The number of piperidine rings is 1. The molecule has 1 atom stereocenters. The molecule has 1 aromatic rings. The van der Waals surface area contributed by atoms with Crippen LogP contribution in [0.2, 0.25) is 0 Å². The summed E-state index contributed by atoms with van der Waals surface area (Å²) in [6, 6.07) is 6.18. The van der Waals surface area contributed by atoms with Crippen LogP contribution in [0.15, 0.2) is 18.2 Å². The average Bonchev–Trinajstić information content (AvgIpc) is 2.32. The molecule has 1 aliphatic heterocycles. The lowest BCUT2D eigenvalue weighted by Gasteiger charge is -2.42. The van der Waals surface area contributed by atoms with Gasteiger partial charge in [0.05, 0.1) is 0 Å². The van der Waals surface area contributed by atoms with Crippen LogP contribution in [0.25, 0.3) is 0 Å². The van der Waals surface area contributed by atoms with E-state index in [0.717, 1.165) is 36.2 Å². The van der Waals surface area contributed by atoms with Crippen LogP contribution in [0.3, 0.4) is 0 Å². The molecule has 0 radical (unpaired) electrons. The van der Waals surface area contributed by atoms with E-state index in [1.807, 2.05) is 36.9 Å². The van der Waals surface area contributed by atoms with Gasteiger partial charge in [0.2, 0.25) is 0 Å². The summed E-state index contributed by atoms with van der Waals surface area (Å²) < 4.78 is 0. The average molecular weight is 260 g/mol. The van der Waals surface area contributed by atoms with Gasteiger partial charge in [0.25, 0.3) is 5.91 Å². The Balaban J connectivity index is 2.26. The van der Waals surface area contributed by atoms with Gasteiger partial charge in [-0.2, -0.15) is 0 Å². The minimum atomic E-state index is -0.00942. The molecular formula is C16H24N2O. The van der Waals surface area contributed by atoms with Crippen LogP contribution in [-0.2, 0) is 0 Å². The van der Waals surface area contributed by atoms with Crippen molar-refractivity contribution in [3.8, 4) is 0 Å². The summed E-state index contributed by atoms with van der Waals surface area (Å²) in [7, 11) is 0. The number of carbonyl (C=O) groups is 1. The monoisotopic (exact) mass is 260 g/mol.